The van der Waals surface area contributed by atoms with Gasteiger partial charge in [-0.1, -0.05) is 0 Å². The first-order chi connectivity index (χ1) is 7.33. The van der Waals surface area contributed by atoms with E-state index in [4.69, 9.17) is 4.74 Å². The maximum Gasteiger partial charge on any atom is 0.0983 e. The van der Waals surface area contributed by atoms with Crippen molar-refractivity contribution >= 4 is 0 Å². The van der Waals surface area contributed by atoms with Crippen LogP contribution in [0, 0.1) is 0 Å². The fraction of sp³-hybridized carbons (Fsp3) is 0.727. The first-order valence-corrected chi connectivity index (χ1v) is 5.73. The smallest absolute Gasteiger partial charge is 0.0983 e. The van der Waals surface area contributed by atoms with Crippen LogP contribution in [0.5, 0.6) is 0 Å². The van der Waals surface area contributed by atoms with Crippen molar-refractivity contribution in [2.75, 3.05) is 13.1 Å². The van der Waals surface area contributed by atoms with Crippen LogP contribution in [0.25, 0.3) is 0 Å². The summed E-state index contributed by atoms with van der Waals surface area (Å²) in [7, 11) is 0. The Kier molecular flexibility index (Phi) is 2.25. The lowest BCUT2D eigenvalue weighted by atomic mass is 10.1. The number of ether oxygens (including phenoxy) is 1. The zero-order valence-corrected chi connectivity index (χ0v) is 9.02. The molecule has 1 saturated carbocycles. The molecule has 4 nitrogen and oxygen atoms in total. The molecule has 1 N–H and O–H groups in total. The van der Waals surface area contributed by atoms with E-state index in [0.717, 1.165) is 13.1 Å². The fourth-order valence-corrected chi connectivity index (χ4v) is 2.05. The van der Waals surface area contributed by atoms with Crippen molar-refractivity contribution in [2.45, 2.75) is 38.0 Å². The lowest BCUT2D eigenvalue weighted by molar-refractivity contribution is -0.0287. The van der Waals surface area contributed by atoms with E-state index in [9.17, 15) is 0 Å². The average Bonchev–Trinajstić information content (AvgIpc) is 2.97. The van der Waals surface area contributed by atoms with Crippen LogP contribution < -0.4 is 5.32 Å². The largest absolute Gasteiger partial charge is 0.368 e. The summed E-state index contributed by atoms with van der Waals surface area (Å²) in [5, 5.41) is 7.76. The number of hydrogen-bond acceptors (Lipinski definition) is 3. The third-order valence-electron chi connectivity index (χ3n) is 3.07. The molecule has 0 unspecified atom stereocenters. The van der Waals surface area contributed by atoms with Crippen LogP contribution in [0.3, 0.4) is 0 Å². The highest BCUT2D eigenvalue weighted by molar-refractivity contribution is 5.11. The third-order valence-corrected chi connectivity index (χ3v) is 3.07. The van der Waals surface area contributed by atoms with Gasteiger partial charge in [-0.15, -0.1) is 0 Å². The second-order valence-corrected chi connectivity index (χ2v) is 4.58. The SMILES string of the molecule is C[C@@H]1CNC[C@@H](c2cnn(C3CC3)c2)O1. The van der Waals surface area contributed by atoms with Gasteiger partial charge >= 0.3 is 0 Å². The zero-order valence-electron chi connectivity index (χ0n) is 9.02. The number of nitrogens with one attached hydrogen (secondary N) is 1. The van der Waals surface area contributed by atoms with Crippen LogP contribution >= 0.6 is 0 Å². The highest BCUT2D eigenvalue weighted by atomic mass is 16.5. The van der Waals surface area contributed by atoms with E-state index >= 15 is 0 Å². The van der Waals surface area contributed by atoms with E-state index in [1.54, 1.807) is 0 Å². The van der Waals surface area contributed by atoms with Gasteiger partial charge in [-0.3, -0.25) is 4.68 Å². The highest BCUT2D eigenvalue weighted by Crippen LogP contribution is 2.35. The van der Waals surface area contributed by atoms with Crippen molar-refractivity contribution in [2.24, 2.45) is 0 Å². The van der Waals surface area contributed by atoms with Gasteiger partial charge in [-0.25, -0.2) is 0 Å². The Morgan fingerprint density at radius 2 is 2.33 bits per heavy atom. The molecular formula is C11H17N3O. The van der Waals surface area contributed by atoms with Crippen molar-refractivity contribution in [3.05, 3.63) is 18.0 Å². The van der Waals surface area contributed by atoms with Gasteiger partial charge < -0.3 is 10.1 Å². The van der Waals surface area contributed by atoms with Crippen LogP contribution in [0.2, 0.25) is 0 Å². The predicted molar refractivity (Wildman–Crippen MR) is 56.7 cm³/mol. The van der Waals surface area contributed by atoms with Gasteiger partial charge in [0.05, 0.1) is 24.4 Å². The monoisotopic (exact) mass is 207 g/mol. The Hall–Kier alpha value is -0.870. The van der Waals surface area contributed by atoms with E-state index in [-0.39, 0.29) is 6.10 Å². The van der Waals surface area contributed by atoms with Crippen LogP contribution in [0.15, 0.2) is 12.4 Å². The van der Waals surface area contributed by atoms with Gasteiger partial charge in [0.1, 0.15) is 0 Å². The topological polar surface area (TPSA) is 39.1 Å². The molecule has 1 aliphatic heterocycles. The van der Waals surface area contributed by atoms with Crippen molar-refractivity contribution < 1.29 is 4.74 Å². The molecule has 82 valence electrons. The van der Waals surface area contributed by atoms with Gasteiger partial charge in [-0.2, -0.15) is 5.10 Å². The molecule has 2 heterocycles. The molecule has 0 amide bonds. The molecule has 4 heteroatoms. The van der Waals surface area contributed by atoms with Gasteiger partial charge in [0.2, 0.25) is 0 Å². The maximum absolute atomic E-state index is 5.87. The minimum atomic E-state index is 0.182. The third kappa shape index (κ3) is 1.92. The van der Waals surface area contributed by atoms with Gasteiger partial charge in [0, 0.05) is 24.8 Å². The summed E-state index contributed by atoms with van der Waals surface area (Å²) in [5.41, 5.74) is 1.21. The molecule has 2 atom stereocenters. The average molecular weight is 207 g/mol. The van der Waals surface area contributed by atoms with Crippen LogP contribution in [-0.4, -0.2) is 29.0 Å². The number of hydrogen-bond donors (Lipinski definition) is 1. The Bertz CT molecular complexity index is 345. The normalized spacial score (nSPS) is 31.8. The lowest BCUT2D eigenvalue weighted by Gasteiger charge is -2.27. The van der Waals surface area contributed by atoms with Crippen molar-refractivity contribution in [3.63, 3.8) is 0 Å². The molecule has 2 aliphatic rings. The number of nitrogens with zero attached hydrogens (tertiary/aromatic N) is 2. The molecule has 0 spiro atoms. The summed E-state index contributed by atoms with van der Waals surface area (Å²) in [6.45, 7) is 3.96. The Morgan fingerprint density at radius 3 is 3.07 bits per heavy atom. The number of aromatic nitrogens is 2. The van der Waals surface area contributed by atoms with Gasteiger partial charge in [0.25, 0.3) is 0 Å². The standard InChI is InChI=1S/C11H17N3O/c1-8-4-12-6-11(15-8)9-5-13-14(7-9)10-2-3-10/h5,7-8,10-12H,2-4,6H2,1H3/t8-,11+/m1/s1. The van der Waals surface area contributed by atoms with E-state index < -0.39 is 0 Å². The minimum absolute atomic E-state index is 0.182. The maximum atomic E-state index is 5.87. The second-order valence-electron chi connectivity index (χ2n) is 4.58. The molecule has 1 aromatic heterocycles. The van der Waals surface area contributed by atoms with Crippen molar-refractivity contribution in [1.29, 1.82) is 0 Å². The van der Waals surface area contributed by atoms with Crippen molar-refractivity contribution in [3.8, 4) is 0 Å². The molecule has 0 bridgehead atoms. The van der Waals surface area contributed by atoms with Crippen LogP contribution in [0.1, 0.15) is 37.5 Å². The van der Waals surface area contributed by atoms with Crippen LogP contribution in [0.4, 0.5) is 0 Å². The second kappa shape index (κ2) is 3.61. The van der Waals surface area contributed by atoms with E-state index in [1.165, 1.54) is 18.4 Å². The molecule has 1 saturated heterocycles. The van der Waals surface area contributed by atoms with E-state index in [0.29, 0.717) is 12.1 Å². The Balaban J connectivity index is 1.73. The summed E-state index contributed by atoms with van der Waals surface area (Å²) >= 11 is 0. The number of rotatable bonds is 2. The first kappa shape index (κ1) is 9.36. The molecule has 2 fully saturated rings. The van der Waals surface area contributed by atoms with E-state index in [1.807, 2.05) is 6.20 Å². The Labute approximate surface area is 89.6 Å². The summed E-state index contributed by atoms with van der Waals surface area (Å²) in [5.74, 6) is 0. The summed E-state index contributed by atoms with van der Waals surface area (Å²) in [6.07, 6.45) is 7.13. The molecule has 15 heavy (non-hydrogen) atoms. The minimum Gasteiger partial charge on any atom is -0.368 e. The molecule has 1 aromatic rings. The van der Waals surface area contributed by atoms with Crippen LogP contribution in [-0.2, 0) is 4.74 Å². The van der Waals surface area contributed by atoms with E-state index in [2.05, 4.69) is 28.2 Å². The summed E-state index contributed by atoms with van der Waals surface area (Å²) in [4.78, 5) is 0. The summed E-state index contributed by atoms with van der Waals surface area (Å²) in [6, 6.07) is 0.660. The first-order valence-electron chi connectivity index (χ1n) is 5.73. The summed E-state index contributed by atoms with van der Waals surface area (Å²) < 4.78 is 7.95. The predicted octanol–water partition coefficient (Wildman–Crippen LogP) is 1.27. The van der Waals surface area contributed by atoms with Gasteiger partial charge in [0.15, 0.2) is 0 Å². The highest BCUT2D eigenvalue weighted by Gasteiger charge is 2.27. The molecule has 0 radical (unpaired) electrons. The van der Waals surface area contributed by atoms with Gasteiger partial charge in [-0.05, 0) is 19.8 Å². The lowest BCUT2D eigenvalue weighted by Crippen LogP contribution is -2.38. The quantitative estimate of drug-likeness (QED) is 0.793. The fourth-order valence-electron chi connectivity index (χ4n) is 2.05. The molecule has 0 aromatic carbocycles. The molecule has 3 rings (SSSR count). The number of morpholine rings is 1. The Morgan fingerprint density at radius 1 is 1.47 bits per heavy atom. The van der Waals surface area contributed by atoms with Crippen molar-refractivity contribution in [1.82, 2.24) is 15.1 Å². The zero-order chi connectivity index (χ0) is 10.3. The molecular weight excluding hydrogens is 190 g/mol. The molecule has 1 aliphatic carbocycles.